The molecule has 206 valence electrons. The summed E-state index contributed by atoms with van der Waals surface area (Å²) in [5, 5.41) is 5.48. The summed E-state index contributed by atoms with van der Waals surface area (Å²) >= 11 is 11.9. The van der Waals surface area contributed by atoms with Crippen LogP contribution in [-0.4, -0.2) is 44.1 Å². The molecule has 0 aliphatic carbocycles. The zero-order valence-corrected chi connectivity index (χ0v) is 22.8. The lowest BCUT2D eigenvalue weighted by molar-refractivity contribution is -0.122. The summed E-state index contributed by atoms with van der Waals surface area (Å²) in [6, 6.07) is 14.8. The normalized spacial score (nSPS) is 14.2. The molecule has 3 aromatic carbocycles. The standard InChI is InChI=1S/C28H23Cl2N3O7/c1-3-39-19-8-6-18(7-9-19)33-27(36)20(26(35)32-28(33)37)12-16-4-11-23(24(13-16)38-2)40-15-25(34)31-17-5-10-21(29)22(30)14-17/h4-14H,3,15H2,1-2H3,(H,31,34)(H,32,35,37)/b20-12+. The number of hydrogen-bond acceptors (Lipinski definition) is 7. The lowest BCUT2D eigenvalue weighted by Gasteiger charge is -2.26. The van der Waals surface area contributed by atoms with Crippen LogP contribution >= 0.6 is 23.2 Å². The summed E-state index contributed by atoms with van der Waals surface area (Å²) in [6.45, 7) is 1.96. The van der Waals surface area contributed by atoms with Gasteiger partial charge < -0.3 is 19.5 Å². The Morgan fingerprint density at radius 2 is 1.70 bits per heavy atom. The minimum absolute atomic E-state index is 0.250. The highest BCUT2D eigenvalue weighted by molar-refractivity contribution is 6.42. The van der Waals surface area contributed by atoms with E-state index in [9.17, 15) is 19.2 Å². The molecule has 1 heterocycles. The molecule has 0 spiro atoms. The summed E-state index contributed by atoms with van der Waals surface area (Å²) in [5.74, 6) is -1.01. The van der Waals surface area contributed by atoms with Gasteiger partial charge in [0.05, 0.1) is 29.4 Å². The Morgan fingerprint density at radius 1 is 0.950 bits per heavy atom. The quantitative estimate of drug-likeness (QED) is 0.266. The van der Waals surface area contributed by atoms with Crippen molar-refractivity contribution in [2.24, 2.45) is 0 Å². The molecule has 1 saturated heterocycles. The first-order valence-corrected chi connectivity index (χ1v) is 12.7. The number of amides is 5. The Balaban J connectivity index is 1.49. The van der Waals surface area contributed by atoms with Gasteiger partial charge in [-0.2, -0.15) is 0 Å². The number of nitrogens with one attached hydrogen (secondary N) is 2. The Labute approximate surface area is 239 Å². The first-order valence-electron chi connectivity index (χ1n) is 11.9. The molecule has 5 amide bonds. The fourth-order valence-electron chi connectivity index (χ4n) is 3.72. The fraction of sp³-hybridized carbons (Fsp3) is 0.143. The van der Waals surface area contributed by atoms with Crippen LogP contribution in [0.25, 0.3) is 6.08 Å². The van der Waals surface area contributed by atoms with Gasteiger partial charge in [-0.05, 0) is 73.2 Å². The van der Waals surface area contributed by atoms with Crippen molar-refractivity contribution >= 4 is 64.4 Å². The summed E-state index contributed by atoms with van der Waals surface area (Å²) in [7, 11) is 1.40. The van der Waals surface area contributed by atoms with Gasteiger partial charge in [-0.3, -0.25) is 19.7 Å². The van der Waals surface area contributed by atoms with E-state index in [-0.39, 0.29) is 29.4 Å². The molecule has 1 aliphatic heterocycles. The van der Waals surface area contributed by atoms with E-state index in [0.717, 1.165) is 4.90 Å². The van der Waals surface area contributed by atoms with Crippen LogP contribution < -0.4 is 29.7 Å². The lowest BCUT2D eigenvalue weighted by atomic mass is 10.1. The first-order chi connectivity index (χ1) is 19.2. The molecule has 3 aromatic rings. The van der Waals surface area contributed by atoms with Gasteiger partial charge >= 0.3 is 6.03 Å². The maximum absolute atomic E-state index is 13.2. The van der Waals surface area contributed by atoms with Crippen LogP contribution in [0.15, 0.2) is 66.2 Å². The van der Waals surface area contributed by atoms with Gasteiger partial charge in [0, 0.05) is 5.69 Å². The number of ether oxygens (including phenoxy) is 3. The third kappa shape index (κ3) is 6.53. The number of halogens is 2. The SMILES string of the molecule is CCOc1ccc(N2C(=O)NC(=O)/C(=C\c3ccc(OCC(=O)Nc4ccc(Cl)c(Cl)c4)c(OC)c3)C2=O)cc1. The summed E-state index contributed by atoms with van der Waals surface area (Å²) in [5.41, 5.74) is 0.879. The molecule has 12 heteroatoms. The number of carbonyl (C=O) groups is 4. The zero-order valence-electron chi connectivity index (χ0n) is 21.3. The third-order valence-electron chi connectivity index (χ3n) is 5.57. The smallest absolute Gasteiger partial charge is 0.335 e. The number of hydrogen-bond donors (Lipinski definition) is 2. The van der Waals surface area contributed by atoms with Gasteiger partial charge in [-0.25, -0.2) is 9.69 Å². The highest BCUT2D eigenvalue weighted by atomic mass is 35.5. The number of methoxy groups -OCH3 is 1. The maximum Gasteiger partial charge on any atom is 0.335 e. The van der Waals surface area contributed by atoms with Crippen LogP contribution in [0.1, 0.15) is 12.5 Å². The van der Waals surface area contributed by atoms with Crippen molar-refractivity contribution in [1.82, 2.24) is 5.32 Å². The Hall–Kier alpha value is -4.54. The molecule has 0 bridgehead atoms. The number of urea groups is 1. The molecule has 10 nitrogen and oxygen atoms in total. The van der Waals surface area contributed by atoms with Crippen molar-refractivity contribution in [2.75, 3.05) is 30.5 Å². The van der Waals surface area contributed by atoms with Crippen molar-refractivity contribution in [1.29, 1.82) is 0 Å². The van der Waals surface area contributed by atoms with Crippen molar-refractivity contribution in [3.05, 3.63) is 81.8 Å². The minimum atomic E-state index is -0.864. The molecular formula is C28H23Cl2N3O7. The van der Waals surface area contributed by atoms with Gasteiger partial charge in [-0.15, -0.1) is 0 Å². The van der Waals surface area contributed by atoms with Gasteiger partial charge in [0.2, 0.25) is 0 Å². The van der Waals surface area contributed by atoms with Gasteiger partial charge in [0.15, 0.2) is 18.1 Å². The van der Waals surface area contributed by atoms with E-state index >= 15 is 0 Å². The first kappa shape index (κ1) is 28.5. The molecule has 0 atom stereocenters. The lowest BCUT2D eigenvalue weighted by Crippen LogP contribution is -2.54. The van der Waals surface area contributed by atoms with E-state index < -0.39 is 23.8 Å². The zero-order chi connectivity index (χ0) is 28.8. The van der Waals surface area contributed by atoms with Crippen molar-refractivity contribution in [2.45, 2.75) is 6.92 Å². The molecule has 1 aliphatic rings. The molecule has 40 heavy (non-hydrogen) atoms. The highest BCUT2D eigenvalue weighted by Crippen LogP contribution is 2.30. The van der Waals surface area contributed by atoms with Crippen LogP contribution in [0.4, 0.5) is 16.2 Å². The molecular weight excluding hydrogens is 561 g/mol. The van der Waals surface area contributed by atoms with Gasteiger partial charge in [-0.1, -0.05) is 29.3 Å². The van der Waals surface area contributed by atoms with Crippen LogP contribution in [0.5, 0.6) is 17.2 Å². The summed E-state index contributed by atoms with van der Waals surface area (Å²) in [4.78, 5) is 51.4. The second kappa shape index (κ2) is 12.5. The average molecular weight is 584 g/mol. The fourth-order valence-corrected chi connectivity index (χ4v) is 4.02. The molecule has 1 fully saturated rings. The Kier molecular flexibility index (Phi) is 8.93. The molecule has 0 aromatic heterocycles. The molecule has 0 radical (unpaired) electrons. The number of imide groups is 2. The Bertz CT molecular complexity index is 1510. The molecule has 0 saturated carbocycles. The van der Waals surface area contributed by atoms with Crippen LogP contribution in [0.3, 0.4) is 0 Å². The van der Waals surface area contributed by atoms with E-state index in [4.69, 9.17) is 37.4 Å². The number of nitrogens with zero attached hydrogens (tertiary/aromatic N) is 1. The van der Waals surface area contributed by atoms with Crippen LogP contribution in [0.2, 0.25) is 10.0 Å². The number of rotatable bonds is 9. The second-order valence-corrected chi connectivity index (χ2v) is 9.08. The number of barbiturate groups is 1. The number of benzene rings is 3. The largest absolute Gasteiger partial charge is 0.494 e. The van der Waals surface area contributed by atoms with E-state index in [2.05, 4.69) is 10.6 Å². The van der Waals surface area contributed by atoms with E-state index in [1.54, 1.807) is 42.5 Å². The highest BCUT2D eigenvalue weighted by Gasteiger charge is 2.36. The van der Waals surface area contributed by atoms with Crippen LogP contribution in [-0.2, 0) is 14.4 Å². The number of anilines is 2. The Morgan fingerprint density at radius 3 is 2.38 bits per heavy atom. The third-order valence-corrected chi connectivity index (χ3v) is 6.31. The van der Waals surface area contributed by atoms with E-state index in [1.165, 1.54) is 31.4 Å². The summed E-state index contributed by atoms with van der Waals surface area (Å²) < 4.78 is 16.4. The van der Waals surface area contributed by atoms with Crippen LogP contribution in [0, 0.1) is 0 Å². The monoisotopic (exact) mass is 583 g/mol. The summed E-state index contributed by atoms with van der Waals surface area (Å²) in [6.07, 6.45) is 1.33. The van der Waals surface area contributed by atoms with Gasteiger partial charge in [0.1, 0.15) is 11.3 Å². The van der Waals surface area contributed by atoms with Crippen molar-refractivity contribution in [3.63, 3.8) is 0 Å². The molecule has 2 N–H and O–H groups in total. The minimum Gasteiger partial charge on any atom is -0.494 e. The van der Waals surface area contributed by atoms with Gasteiger partial charge in [0.25, 0.3) is 17.7 Å². The van der Waals surface area contributed by atoms with Crippen molar-refractivity contribution < 1.29 is 33.4 Å². The van der Waals surface area contributed by atoms with E-state index in [0.29, 0.717) is 33.7 Å². The number of carbonyl (C=O) groups excluding carboxylic acids is 4. The van der Waals surface area contributed by atoms with E-state index in [1.807, 2.05) is 6.92 Å². The molecule has 0 unspecified atom stereocenters. The van der Waals surface area contributed by atoms with Crippen molar-refractivity contribution in [3.8, 4) is 17.2 Å². The topological polar surface area (TPSA) is 123 Å². The molecule has 4 rings (SSSR count). The average Bonchev–Trinajstić information content (AvgIpc) is 2.93. The second-order valence-electron chi connectivity index (χ2n) is 8.26. The predicted octanol–water partition coefficient (Wildman–Crippen LogP) is 5.08. The predicted molar refractivity (Wildman–Crippen MR) is 150 cm³/mol. The maximum atomic E-state index is 13.2.